The molecule has 136 valence electrons. The lowest BCUT2D eigenvalue weighted by Gasteiger charge is -2.39. The zero-order valence-corrected chi connectivity index (χ0v) is 15.3. The lowest BCUT2D eigenvalue weighted by atomic mass is 9.99. The molecular weight excluding hydrogens is 320 g/mol. The van der Waals surface area contributed by atoms with E-state index in [4.69, 9.17) is 4.52 Å². The summed E-state index contributed by atoms with van der Waals surface area (Å²) in [6.45, 7) is 9.28. The predicted molar refractivity (Wildman–Crippen MR) is 93.2 cm³/mol. The molecule has 1 amide bonds. The average Bonchev–Trinajstić information content (AvgIpc) is 3.12. The first-order chi connectivity index (χ1) is 11.9. The first kappa shape index (κ1) is 17.6. The number of hydrogen-bond donors (Lipinski definition) is 1. The molecule has 2 aromatic rings. The Morgan fingerprint density at radius 1 is 1.40 bits per heavy atom. The topological polar surface area (TPSA) is 89.1 Å². The zero-order valence-electron chi connectivity index (χ0n) is 15.3. The standard InChI is InChI=1S/C17H26N6O2/c1-11-9-16(21-25-11)19-17(24)12(2)22-8-6-5-7-15(22)10-23-14(4)18-13(3)20-23/h9,12,15H,5-8,10H2,1-4H3,(H,19,21,24)/t12-,15-/m0/s1. The highest BCUT2D eigenvalue weighted by molar-refractivity contribution is 5.93. The van der Waals surface area contributed by atoms with E-state index in [9.17, 15) is 4.79 Å². The first-order valence-corrected chi connectivity index (χ1v) is 8.82. The molecule has 2 aromatic heterocycles. The van der Waals surface area contributed by atoms with Crippen LogP contribution in [0.25, 0.3) is 0 Å². The smallest absolute Gasteiger partial charge is 0.242 e. The quantitative estimate of drug-likeness (QED) is 0.891. The van der Waals surface area contributed by atoms with Gasteiger partial charge in [0.15, 0.2) is 5.82 Å². The minimum Gasteiger partial charge on any atom is -0.360 e. The third kappa shape index (κ3) is 4.07. The number of nitrogens with one attached hydrogen (secondary N) is 1. The monoisotopic (exact) mass is 346 g/mol. The Morgan fingerprint density at radius 3 is 2.84 bits per heavy atom. The van der Waals surface area contributed by atoms with Crippen molar-refractivity contribution in [3.63, 3.8) is 0 Å². The van der Waals surface area contributed by atoms with E-state index in [1.165, 1.54) is 6.42 Å². The predicted octanol–water partition coefficient (Wildman–Crippen LogP) is 2.07. The third-order valence-corrected chi connectivity index (χ3v) is 4.78. The Kier molecular flexibility index (Phi) is 5.17. The molecule has 2 atom stereocenters. The van der Waals surface area contributed by atoms with Crippen LogP contribution in [-0.2, 0) is 11.3 Å². The minimum atomic E-state index is -0.243. The number of rotatable bonds is 5. The number of anilines is 1. The molecule has 0 spiro atoms. The number of piperidine rings is 1. The number of likely N-dealkylation sites (tertiary alicyclic amines) is 1. The number of hydrogen-bond acceptors (Lipinski definition) is 6. The van der Waals surface area contributed by atoms with Crippen molar-refractivity contribution in [3.05, 3.63) is 23.5 Å². The fourth-order valence-electron chi connectivity index (χ4n) is 3.47. The van der Waals surface area contributed by atoms with Gasteiger partial charge in [0, 0.05) is 12.1 Å². The van der Waals surface area contributed by atoms with E-state index in [2.05, 4.69) is 25.5 Å². The van der Waals surface area contributed by atoms with Crippen molar-refractivity contribution in [1.82, 2.24) is 24.8 Å². The van der Waals surface area contributed by atoms with Crippen molar-refractivity contribution in [2.24, 2.45) is 0 Å². The van der Waals surface area contributed by atoms with Crippen LogP contribution in [0.15, 0.2) is 10.6 Å². The van der Waals surface area contributed by atoms with Gasteiger partial charge in [-0.25, -0.2) is 9.67 Å². The highest BCUT2D eigenvalue weighted by Crippen LogP contribution is 2.22. The molecule has 1 saturated heterocycles. The number of amides is 1. The van der Waals surface area contributed by atoms with Crippen molar-refractivity contribution in [2.45, 2.75) is 65.6 Å². The molecule has 0 radical (unpaired) electrons. The molecule has 0 bridgehead atoms. The summed E-state index contributed by atoms with van der Waals surface area (Å²) >= 11 is 0. The van der Waals surface area contributed by atoms with Gasteiger partial charge in [0.2, 0.25) is 5.91 Å². The van der Waals surface area contributed by atoms with Crippen LogP contribution < -0.4 is 5.32 Å². The molecule has 0 aromatic carbocycles. The van der Waals surface area contributed by atoms with Gasteiger partial charge >= 0.3 is 0 Å². The van der Waals surface area contributed by atoms with Crippen molar-refractivity contribution in [3.8, 4) is 0 Å². The normalized spacial score (nSPS) is 19.8. The Hall–Kier alpha value is -2.22. The van der Waals surface area contributed by atoms with E-state index in [0.29, 0.717) is 11.6 Å². The largest absolute Gasteiger partial charge is 0.360 e. The summed E-state index contributed by atoms with van der Waals surface area (Å²) in [6, 6.07) is 1.75. The second-order valence-corrected chi connectivity index (χ2v) is 6.76. The minimum absolute atomic E-state index is 0.0632. The molecule has 0 saturated carbocycles. The molecule has 1 aliphatic heterocycles. The van der Waals surface area contributed by atoms with Crippen molar-refractivity contribution >= 4 is 11.7 Å². The zero-order chi connectivity index (χ0) is 18.0. The molecule has 1 N–H and O–H groups in total. The van der Waals surface area contributed by atoms with Gasteiger partial charge in [-0.3, -0.25) is 9.69 Å². The SMILES string of the molecule is Cc1nc(C)n(C[C@@H]2CCCCN2[C@@H](C)C(=O)Nc2cc(C)on2)n1. The second kappa shape index (κ2) is 7.35. The number of aryl methyl sites for hydroxylation is 3. The van der Waals surface area contributed by atoms with E-state index in [-0.39, 0.29) is 18.0 Å². The third-order valence-electron chi connectivity index (χ3n) is 4.78. The van der Waals surface area contributed by atoms with Crippen LogP contribution in [0, 0.1) is 20.8 Å². The lowest BCUT2D eigenvalue weighted by molar-refractivity contribution is -0.122. The molecule has 8 nitrogen and oxygen atoms in total. The fraction of sp³-hybridized carbons (Fsp3) is 0.647. The molecule has 0 unspecified atom stereocenters. The van der Waals surface area contributed by atoms with Crippen LogP contribution in [0.5, 0.6) is 0 Å². The molecule has 0 aliphatic carbocycles. The summed E-state index contributed by atoms with van der Waals surface area (Å²) < 4.78 is 6.96. The van der Waals surface area contributed by atoms with E-state index in [0.717, 1.165) is 37.6 Å². The van der Waals surface area contributed by atoms with Crippen LogP contribution in [0.1, 0.15) is 43.6 Å². The van der Waals surface area contributed by atoms with Gasteiger partial charge < -0.3 is 9.84 Å². The van der Waals surface area contributed by atoms with Gasteiger partial charge in [-0.1, -0.05) is 11.6 Å². The Bertz CT molecular complexity index is 737. The highest BCUT2D eigenvalue weighted by atomic mass is 16.5. The van der Waals surface area contributed by atoms with E-state index >= 15 is 0 Å². The Morgan fingerprint density at radius 2 is 2.20 bits per heavy atom. The van der Waals surface area contributed by atoms with Crippen LogP contribution in [0.2, 0.25) is 0 Å². The summed E-state index contributed by atoms with van der Waals surface area (Å²) in [7, 11) is 0. The average molecular weight is 346 g/mol. The summed E-state index contributed by atoms with van der Waals surface area (Å²) in [6.07, 6.45) is 3.33. The van der Waals surface area contributed by atoms with E-state index in [1.54, 1.807) is 13.0 Å². The fourth-order valence-corrected chi connectivity index (χ4v) is 3.47. The Labute approximate surface area is 147 Å². The molecule has 3 heterocycles. The van der Waals surface area contributed by atoms with Crippen molar-refractivity contribution < 1.29 is 9.32 Å². The maximum atomic E-state index is 12.6. The summed E-state index contributed by atoms with van der Waals surface area (Å²) in [5.41, 5.74) is 0. The molecule has 1 fully saturated rings. The number of carbonyl (C=O) groups is 1. The summed E-state index contributed by atoms with van der Waals surface area (Å²) in [5, 5.41) is 11.1. The lowest BCUT2D eigenvalue weighted by Crippen LogP contribution is -2.51. The number of aromatic nitrogens is 4. The second-order valence-electron chi connectivity index (χ2n) is 6.76. The van der Waals surface area contributed by atoms with Crippen LogP contribution in [0.3, 0.4) is 0 Å². The summed E-state index contributed by atoms with van der Waals surface area (Å²) in [5.74, 6) is 2.78. The molecule has 1 aliphatic rings. The van der Waals surface area contributed by atoms with Crippen LogP contribution >= 0.6 is 0 Å². The maximum absolute atomic E-state index is 12.6. The van der Waals surface area contributed by atoms with Crippen molar-refractivity contribution in [1.29, 1.82) is 0 Å². The molecular formula is C17H26N6O2. The van der Waals surface area contributed by atoms with E-state index in [1.807, 2.05) is 25.5 Å². The maximum Gasteiger partial charge on any atom is 0.242 e. The summed E-state index contributed by atoms with van der Waals surface area (Å²) in [4.78, 5) is 19.3. The van der Waals surface area contributed by atoms with E-state index < -0.39 is 0 Å². The Balaban J connectivity index is 1.68. The number of nitrogens with zero attached hydrogens (tertiary/aromatic N) is 5. The molecule has 3 rings (SSSR count). The van der Waals surface area contributed by atoms with Gasteiger partial charge in [0.05, 0.1) is 12.6 Å². The van der Waals surface area contributed by atoms with Crippen molar-refractivity contribution in [2.75, 3.05) is 11.9 Å². The van der Waals surface area contributed by atoms with Gasteiger partial charge in [0.1, 0.15) is 17.4 Å². The molecule has 25 heavy (non-hydrogen) atoms. The van der Waals surface area contributed by atoms with Gasteiger partial charge in [-0.2, -0.15) is 5.10 Å². The van der Waals surface area contributed by atoms with Gasteiger partial charge in [0.25, 0.3) is 0 Å². The highest BCUT2D eigenvalue weighted by Gasteiger charge is 2.31. The first-order valence-electron chi connectivity index (χ1n) is 8.82. The van der Waals surface area contributed by atoms with Crippen LogP contribution in [0.4, 0.5) is 5.82 Å². The van der Waals surface area contributed by atoms with Gasteiger partial charge in [-0.05, 0) is 47.1 Å². The molecule has 8 heteroatoms. The number of carbonyl (C=O) groups excluding carboxylic acids is 1. The van der Waals surface area contributed by atoms with Gasteiger partial charge in [-0.15, -0.1) is 0 Å². The van der Waals surface area contributed by atoms with Crippen LogP contribution in [-0.4, -0.2) is 49.4 Å².